The minimum Gasteiger partial charge on any atom is -0.455 e. The van der Waals surface area contributed by atoms with Gasteiger partial charge in [0.2, 0.25) is 0 Å². The molecule has 0 radical (unpaired) electrons. The highest BCUT2D eigenvalue weighted by molar-refractivity contribution is 5.96. The summed E-state index contributed by atoms with van der Waals surface area (Å²) in [4.78, 5) is 82.8. The molecule has 2 bridgehead atoms. The summed E-state index contributed by atoms with van der Waals surface area (Å²) < 4.78 is 36.0. The second-order valence-corrected chi connectivity index (χ2v) is 18.4. The van der Waals surface area contributed by atoms with E-state index in [1.54, 1.807) is 90.1 Å². The number of carbonyl (C=O) groups excluding carboxylic acids is 6. The van der Waals surface area contributed by atoms with Gasteiger partial charge < -0.3 is 44.0 Å². The van der Waals surface area contributed by atoms with E-state index in [0.29, 0.717) is 12.0 Å². The fraction of sp³-hybridized carbons (Fsp3) is 0.556. The molecule has 1 aliphatic heterocycles. The Bertz CT molecular complexity index is 2110. The van der Waals surface area contributed by atoms with Crippen molar-refractivity contribution in [3.63, 3.8) is 0 Å². The van der Waals surface area contributed by atoms with Crippen LogP contribution >= 0.6 is 0 Å². The van der Waals surface area contributed by atoms with E-state index in [1.807, 2.05) is 0 Å². The van der Waals surface area contributed by atoms with E-state index < -0.39 is 112 Å². The zero-order valence-electron chi connectivity index (χ0n) is 35.0. The first-order valence-electron chi connectivity index (χ1n) is 20.2. The largest absolute Gasteiger partial charge is 0.455 e. The SMILES string of the molecule is CC(=O)O[C@H]1C(=O)[C@]23C[C@H]2C[C@H]2OC[C@@]2(OC(C)=O)[C@H]3[C@H](OC(=O)c2ccccc2)[C@]2(O)CC(OC(=O)[C@H](O)[C@@H](NC(=O)OC(C)(C)C)c3ccccc3)=C(C)[C@H]1C2(C)C. The van der Waals surface area contributed by atoms with E-state index in [4.69, 9.17) is 28.4 Å². The lowest BCUT2D eigenvalue weighted by Crippen LogP contribution is -2.78. The number of hydrogen-bond donors (Lipinski definition) is 3. The number of Topliss-reactive ketones (excluding diaryl/α,β-unsaturated/α-hetero) is 1. The number of alkyl carbamates (subject to hydrolysis) is 1. The minimum absolute atomic E-state index is 0.142. The molecule has 3 N–H and O–H groups in total. The van der Waals surface area contributed by atoms with Crippen LogP contribution in [0, 0.1) is 28.6 Å². The predicted molar refractivity (Wildman–Crippen MR) is 209 cm³/mol. The number of carbonyl (C=O) groups is 6. The van der Waals surface area contributed by atoms with Gasteiger partial charge >= 0.3 is 30.0 Å². The number of esters is 4. The third kappa shape index (κ3) is 7.07. The first-order chi connectivity index (χ1) is 28.1. The number of nitrogens with one attached hydrogen (secondary N) is 1. The summed E-state index contributed by atoms with van der Waals surface area (Å²) in [6, 6.07) is 14.9. The van der Waals surface area contributed by atoms with Gasteiger partial charge in [-0.2, -0.15) is 0 Å². The zero-order valence-corrected chi connectivity index (χ0v) is 35.0. The van der Waals surface area contributed by atoms with Gasteiger partial charge in [-0.3, -0.25) is 14.4 Å². The van der Waals surface area contributed by atoms with Crippen LogP contribution in [0.1, 0.15) is 96.6 Å². The number of ether oxygens (including phenoxy) is 6. The fourth-order valence-electron chi connectivity index (χ4n) is 10.5. The van der Waals surface area contributed by atoms with Crippen LogP contribution in [0.3, 0.4) is 0 Å². The Balaban J connectivity index is 1.37. The average Bonchev–Trinajstić information content (AvgIpc) is 3.90. The lowest BCUT2D eigenvalue weighted by Gasteiger charge is -2.64. The van der Waals surface area contributed by atoms with Gasteiger partial charge in [-0.1, -0.05) is 62.4 Å². The van der Waals surface area contributed by atoms with Gasteiger partial charge in [0.25, 0.3) is 0 Å². The molecule has 15 nitrogen and oxygen atoms in total. The van der Waals surface area contributed by atoms with E-state index in [-0.39, 0.29) is 35.8 Å². The maximum absolute atomic E-state index is 15.5. The molecule has 1 spiro atoms. The molecule has 15 heteroatoms. The molecular formula is C45H53NO14. The first kappa shape index (κ1) is 43.0. The molecule has 5 aliphatic rings. The van der Waals surface area contributed by atoms with E-state index in [2.05, 4.69) is 5.32 Å². The van der Waals surface area contributed by atoms with E-state index >= 15 is 4.79 Å². The van der Waals surface area contributed by atoms with Crippen molar-refractivity contribution in [2.24, 2.45) is 28.6 Å². The lowest BCUT2D eigenvalue weighted by molar-refractivity contribution is -0.326. The number of fused-ring (bicyclic) bond motifs is 4. The van der Waals surface area contributed by atoms with Gasteiger partial charge in [0.05, 0.1) is 24.1 Å². The Kier molecular flexibility index (Phi) is 10.8. The summed E-state index contributed by atoms with van der Waals surface area (Å²) in [6.07, 6.45) is -6.76. The Morgan fingerprint density at radius 2 is 1.57 bits per heavy atom. The second-order valence-electron chi connectivity index (χ2n) is 18.4. The molecule has 7 rings (SSSR count). The van der Waals surface area contributed by atoms with Crippen LogP contribution in [0.4, 0.5) is 4.79 Å². The monoisotopic (exact) mass is 831 g/mol. The molecule has 11 atom stereocenters. The summed E-state index contributed by atoms with van der Waals surface area (Å²) in [5, 5.41) is 27.9. The van der Waals surface area contributed by atoms with Gasteiger partial charge in [0, 0.05) is 37.0 Å². The van der Waals surface area contributed by atoms with Crippen molar-refractivity contribution in [3.05, 3.63) is 83.1 Å². The van der Waals surface area contributed by atoms with Crippen molar-refractivity contribution in [2.45, 2.75) is 122 Å². The molecule has 4 fully saturated rings. The average molecular weight is 832 g/mol. The van der Waals surface area contributed by atoms with Gasteiger partial charge in [-0.15, -0.1) is 0 Å². The number of aliphatic hydroxyl groups excluding tert-OH is 1. The van der Waals surface area contributed by atoms with Crippen molar-refractivity contribution in [1.82, 2.24) is 5.32 Å². The number of ketones is 1. The van der Waals surface area contributed by atoms with Crippen molar-refractivity contribution in [3.8, 4) is 0 Å². The van der Waals surface area contributed by atoms with Crippen molar-refractivity contribution >= 4 is 35.8 Å². The van der Waals surface area contributed by atoms with Crippen LogP contribution in [-0.4, -0.2) is 93.8 Å². The Morgan fingerprint density at radius 1 is 0.933 bits per heavy atom. The summed E-state index contributed by atoms with van der Waals surface area (Å²) in [7, 11) is 0. The molecule has 1 amide bonds. The minimum atomic E-state index is -2.25. The lowest BCUT2D eigenvalue weighted by atomic mass is 9.47. The summed E-state index contributed by atoms with van der Waals surface area (Å²) in [5.74, 6) is -6.99. The highest BCUT2D eigenvalue weighted by Crippen LogP contribution is 2.75. The summed E-state index contributed by atoms with van der Waals surface area (Å²) in [5.41, 5.74) is -6.85. The van der Waals surface area contributed by atoms with Gasteiger partial charge in [-0.05, 0) is 69.7 Å². The molecule has 2 aromatic carbocycles. The van der Waals surface area contributed by atoms with E-state index in [0.717, 1.165) is 6.92 Å². The van der Waals surface area contributed by atoms with Gasteiger partial charge in [-0.25, -0.2) is 14.4 Å². The molecule has 4 aliphatic carbocycles. The number of hydrogen-bond acceptors (Lipinski definition) is 14. The van der Waals surface area contributed by atoms with Crippen LogP contribution in [0.2, 0.25) is 0 Å². The Labute approximate surface area is 348 Å². The smallest absolute Gasteiger partial charge is 0.408 e. The summed E-state index contributed by atoms with van der Waals surface area (Å²) in [6.45, 7) is 12.1. The molecule has 1 saturated heterocycles. The van der Waals surface area contributed by atoms with Crippen LogP contribution in [-0.2, 0) is 47.6 Å². The molecule has 3 saturated carbocycles. The molecule has 60 heavy (non-hydrogen) atoms. The van der Waals surface area contributed by atoms with E-state index in [9.17, 15) is 34.2 Å². The Hall–Kier alpha value is -5.12. The number of aliphatic hydroxyl groups is 2. The number of benzene rings is 2. The molecule has 0 aromatic heterocycles. The maximum Gasteiger partial charge on any atom is 0.408 e. The number of rotatable bonds is 9. The second kappa shape index (κ2) is 15.1. The van der Waals surface area contributed by atoms with Gasteiger partial charge in [0.15, 0.2) is 23.6 Å². The molecule has 322 valence electrons. The Morgan fingerprint density at radius 3 is 2.13 bits per heavy atom. The molecule has 0 unspecified atom stereocenters. The molecule has 1 heterocycles. The van der Waals surface area contributed by atoms with Crippen molar-refractivity contribution in [2.75, 3.05) is 6.61 Å². The van der Waals surface area contributed by atoms with Crippen molar-refractivity contribution in [1.29, 1.82) is 0 Å². The van der Waals surface area contributed by atoms with Crippen LogP contribution in [0.5, 0.6) is 0 Å². The third-order valence-electron chi connectivity index (χ3n) is 13.3. The number of amides is 1. The standard InChI is InChI=1S/C45H53NO14/c1-23-29(57-39(52)33(49)32(26-15-11-9-12-16-26)46-40(53)60-41(4,5)6)21-45(54)37(58-38(51)27-17-13-10-14-18-27)35-43(36(50)34(56-24(2)47)31(23)42(45,7)8)20-28(43)19-30-44(35,22-55-30)59-25(3)48/h9-18,28,30-35,37,49,54H,19-22H2,1-8H3,(H,46,53)/t28-,30-,31-,32+,33-,34-,35+,37+,43-,44+,45-/m1/s1. The highest BCUT2D eigenvalue weighted by atomic mass is 16.6. The molecular weight excluding hydrogens is 778 g/mol. The van der Waals surface area contributed by atoms with Crippen LogP contribution < -0.4 is 5.32 Å². The first-order valence-corrected chi connectivity index (χ1v) is 20.2. The molecule has 2 aromatic rings. The maximum atomic E-state index is 15.5. The predicted octanol–water partition coefficient (Wildman–Crippen LogP) is 4.67. The van der Waals surface area contributed by atoms with E-state index in [1.165, 1.54) is 19.1 Å². The highest BCUT2D eigenvalue weighted by Gasteiger charge is 2.84. The van der Waals surface area contributed by atoms with Crippen LogP contribution in [0.15, 0.2) is 72.0 Å². The normalized spacial score (nSPS) is 33.3. The summed E-state index contributed by atoms with van der Waals surface area (Å²) >= 11 is 0. The fourth-order valence-corrected chi connectivity index (χ4v) is 10.5. The zero-order chi connectivity index (χ0) is 43.7. The van der Waals surface area contributed by atoms with Crippen molar-refractivity contribution < 1.29 is 67.4 Å². The van der Waals surface area contributed by atoms with Gasteiger partial charge in [0.1, 0.15) is 29.2 Å². The topological polar surface area (TPSA) is 210 Å². The van der Waals surface area contributed by atoms with Crippen LogP contribution in [0.25, 0.3) is 0 Å². The quantitative estimate of drug-likeness (QED) is 0.232. The third-order valence-corrected chi connectivity index (χ3v) is 13.3.